The van der Waals surface area contributed by atoms with Gasteiger partial charge in [-0.3, -0.25) is 42.9 Å². The monoisotopic (exact) mass is 1610 g/mol. The highest BCUT2D eigenvalue weighted by atomic mass is 32.2. The van der Waals surface area contributed by atoms with Gasteiger partial charge in [-0.05, 0) is 134 Å². The normalized spacial score (nSPS) is 13.2. The molecular weight excluding hydrogens is 1470 g/mol. The zero-order chi connectivity index (χ0) is 82.6. The van der Waals surface area contributed by atoms with Crippen LogP contribution in [0.4, 0.5) is 11.8 Å². The van der Waals surface area contributed by atoms with Gasteiger partial charge >= 0.3 is 23.6 Å². The first kappa shape index (κ1) is 99.7. The van der Waals surface area contributed by atoms with Crippen molar-refractivity contribution in [2.24, 2.45) is 22.9 Å². The van der Waals surface area contributed by atoms with Crippen LogP contribution in [0.3, 0.4) is 0 Å². The van der Waals surface area contributed by atoms with Crippen molar-refractivity contribution in [3.63, 3.8) is 0 Å². The number of ether oxygens (including phenoxy) is 2. The number of carbonyl (C=O) groups is 9. The summed E-state index contributed by atoms with van der Waals surface area (Å²) >= 11 is 1.18. The number of carboxylic acid groups (broad SMARTS) is 1. The van der Waals surface area contributed by atoms with E-state index in [1.165, 1.54) is 132 Å². The minimum absolute atomic E-state index is 0.0145. The van der Waals surface area contributed by atoms with Crippen molar-refractivity contribution in [2.75, 3.05) is 68.5 Å². The van der Waals surface area contributed by atoms with E-state index in [1.54, 1.807) is 24.3 Å². The molecule has 30 nitrogen and oxygen atoms in total. The van der Waals surface area contributed by atoms with Gasteiger partial charge in [0.1, 0.15) is 48.4 Å². The van der Waals surface area contributed by atoms with Crippen LogP contribution in [-0.4, -0.2) is 183 Å². The van der Waals surface area contributed by atoms with E-state index in [9.17, 15) is 58.2 Å². The fraction of sp³-hybridized carbons (Fsp3) is 0.756. The number of fused-ring (bicyclic) bond motifs is 1. The van der Waals surface area contributed by atoms with Crippen LogP contribution >= 0.6 is 11.8 Å². The molecule has 0 bridgehead atoms. The predicted octanol–water partition coefficient (Wildman–Crippen LogP) is 9.23. The van der Waals surface area contributed by atoms with E-state index >= 15 is 0 Å². The number of benzene rings is 1. The van der Waals surface area contributed by atoms with Gasteiger partial charge in [-0.2, -0.15) is 21.7 Å². The summed E-state index contributed by atoms with van der Waals surface area (Å²) in [6.07, 6.45) is 34.9. The molecule has 642 valence electrons. The SMILES string of the molecule is CCCCCCCCCCCCCCCC(=O)OCC(CSC[C@H](N)C(=O)N[C@@H](CO)C(=O)N[C@@H](CCCCN)C(=O)N[C@@H](CCCCN)C(=O)N[C@@H](CCCCNC(=O)c1ccc(Cn2c(=O)[nH]c3c(N)nc(NCCCC)nc32)cc1)C(=O)N[C@@H](CCCCN)C(=O)O)OC(=O)CCCCCCCCCCCCCCC. The molecule has 7 atom stereocenters. The number of nitrogens with one attached hydrogen (secondary N) is 8. The quantitative estimate of drug-likeness (QED) is 0.0185. The van der Waals surface area contributed by atoms with Gasteiger partial charge in [-0.25, -0.2) is 9.59 Å². The molecule has 113 heavy (non-hydrogen) atoms. The smallest absolute Gasteiger partial charge is 0.328 e. The maximum Gasteiger partial charge on any atom is 0.328 e. The van der Waals surface area contributed by atoms with Gasteiger partial charge in [0, 0.05) is 43.0 Å². The van der Waals surface area contributed by atoms with Crippen LogP contribution in [-0.2, 0) is 54.4 Å². The Morgan fingerprint density at radius 3 is 1.39 bits per heavy atom. The van der Waals surface area contributed by atoms with Gasteiger partial charge in [0.25, 0.3) is 5.91 Å². The maximum absolute atomic E-state index is 14.5. The lowest BCUT2D eigenvalue weighted by Gasteiger charge is -2.27. The van der Waals surface area contributed by atoms with Crippen LogP contribution in [0.25, 0.3) is 11.2 Å². The number of esters is 2. The second-order valence-corrected chi connectivity index (χ2v) is 31.1. The first-order valence-corrected chi connectivity index (χ1v) is 43.9. The van der Waals surface area contributed by atoms with E-state index < -0.39 is 102 Å². The van der Waals surface area contributed by atoms with Crippen molar-refractivity contribution < 1.29 is 62.8 Å². The molecule has 0 saturated heterocycles. The number of rotatable bonds is 71. The Morgan fingerprint density at radius 1 is 0.504 bits per heavy atom. The van der Waals surface area contributed by atoms with Gasteiger partial charge < -0.3 is 90.6 Å². The third kappa shape index (κ3) is 44.3. The third-order valence-electron chi connectivity index (χ3n) is 20.0. The summed E-state index contributed by atoms with van der Waals surface area (Å²) in [6, 6.07) is -1.50. The number of H-pyrrole nitrogens is 1. The number of unbranched alkanes of at least 4 members (excludes halogenated alkanes) is 29. The molecule has 1 unspecified atom stereocenters. The number of aromatic nitrogens is 4. The molecule has 0 fully saturated rings. The number of anilines is 2. The Bertz CT molecular complexity index is 3220. The predicted molar refractivity (Wildman–Crippen MR) is 448 cm³/mol. The molecule has 0 saturated carbocycles. The maximum atomic E-state index is 14.5. The molecule has 2 heterocycles. The summed E-state index contributed by atoms with van der Waals surface area (Å²) in [7, 11) is 0. The first-order valence-electron chi connectivity index (χ1n) is 42.7. The molecule has 31 heteroatoms. The molecular formula is C82H144N16O14S. The Morgan fingerprint density at radius 2 is 0.929 bits per heavy atom. The number of hydrogen-bond donors (Lipinski definition) is 15. The largest absolute Gasteiger partial charge is 0.480 e. The number of nitrogens with zero attached hydrogens (tertiary/aromatic N) is 3. The number of hydrogen-bond acceptors (Lipinski definition) is 22. The molecule has 0 spiro atoms. The van der Waals surface area contributed by atoms with Crippen molar-refractivity contribution >= 4 is 88.0 Å². The summed E-state index contributed by atoms with van der Waals surface area (Å²) in [5.41, 5.74) is 31.1. The summed E-state index contributed by atoms with van der Waals surface area (Å²) in [5.74, 6) is -6.14. The molecule has 0 aliphatic carbocycles. The first-order chi connectivity index (χ1) is 54.7. The summed E-state index contributed by atoms with van der Waals surface area (Å²) in [4.78, 5) is 147. The molecule has 0 aliphatic heterocycles. The van der Waals surface area contributed by atoms with Crippen LogP contribution in [0.5, 0.6) is 0 Å². The van der Waals surface area contributed by atoms with Crippen LogP contribution in [0, 0.1) is 0 Å². The minimum atomic E-state index is -1.59. The third-order valence-corrected chi connectivity index (χ3v) is 21.2. The number of nitrogens with two attached hydrogens (primary N) is 5. The Balaban J connectivity index is 1.67. The number of carbonyl (C=O) groups excluding carboxylic acids is 8. The van der Waals surface area contributed by atoms with Crippen LogP contribution in [0.15, 0.2) is 29.1 Å². The van der Waals surface area contributed by atoms with Crippen molar-refractivity contribution in [2.45, 2.75) is 339 Å². The topological polar surface area (TPSA) is 490 Å². The molecule has 3 aromatic rings. The van der Waals surface area contributed by atoms with Crippen molar-refractivity contribution in [1.82, 2.24) is 51.4 Å². The second kappa shape index (κ2) is 62.9. The molecule has 20 N–H and O–H groups in total. The van der Waals surface area contributed by atoms with Gasteiger partial charge in [-0.1, -0.05) is 193 Å². The molecule has 1 aromatic carbocycles. The van der Waals surface area contributed by atoms with Gasteiger partial charge in [0.15, 0.2) is 11.5 Å². The number of imidazole rings is 1. The number of thioether (sulfide) groups is 1. The number of nitrogen functional groups attached to an aromatic ring is 1. The molecule has 0 aliphatic rings. The average Bonchev–Trinajstić information content (AvgIpc) is 1.64. The van der Waals surface area contributed by atoms with Crippen molar-refractivity contribution in [3.05, 3.63) is 45.9 Å². The van der Waals surface area contributed by atoms with E-state index in [1.807, 2.05) is 0 Å². The number of aliphatic hydroxyl groups excluding tert-OH is 1. The van der Waals surface area contributed by atoms with Crippen molar-refractivity contribution in [3.8, 4) is 0 Å². The van der Waals surface area contributed by atoms with E-state index in [0.29, 0.717) is 99.1 Å². The lowest BCUT2D eigenvalue weighted by atomic mass is 10.0. The Kier molecular flexibility index (Phi) is 55.5. The molecule has 2 aromatic heterocycles. The lowest BCUT2D eigenvalue weighted by molar-refractivity contribution is -0.157. The van der Waals surface area contributed by atoms with E-state index in [4.69, 9.17) is 38.1 Å². The summed E-state index contributed by atoms with van der Waals surface area (Å²) in [6.45, 7) is 7.12. The van der Waals surface area contributed by atoms with Crippen LogP contribution in [0.2, 0.25) is 0 Å². The zero-order valence-corrected chi connectivity index (χ0v) is 69.4. The Hall–Kier alpha value is -7.45. The van der Waals surface area contributed by atoms with E-state index in [2.05, 4.69) is 72.9 Å². The number of amides is 6. The Labute approximate surface area is 675 Å². The number of aliphatic carboxylic acids is 1. The summed E-state index contributed by atoms with van der Waals surface area (Å²) < 4.78 is 13.0. The van der Waals surface area contributed by atoms with Crippen molar-refractivity contribution in [1.29, 1.82) is 0 Å². The zero-order valence-electron chi connectivity index (χ0n) is 68.6. The highest BCUT2D eigenvalue weighted by molar-refractivity contribution is 7.99. The fourth-order valence-electron chi connectivity index (χ4n) is 13.1. The van der Waals surface area contributed by atoms with Gasteiger partial charge in [0.05, 0.1) is 19.2 Å². The summed E-state index contributed by atoms with van der Waals surface area (Å²) in [5, 5.41) is 39.8. The van der Waals surface area contributed by atoms with Gasteiger partial charge in [-0.15, -0.1) is 0 Å². The van der Waals surface area contributed by atoms with Gasteiger partial charge in [0.2, 0.25) is 35.5 Å². The lowest BCUT2D eigenvalue weighted by Crippen LogP contribution is -2.59. The number of aromatic amines is 1. The van der Waals surface area contributed by atoms with Crippen LogP contribution in [0.1, 0.15) is 306 Å². The van der Waals surface area contributed by atoms with Crippen LogP contribution < -0.4 is 71.6 Å². The number of carboxylic acids is 1. The highest BCUT2D eigenvalue weighted by Crippen LogP contribution is 2.21. The second-order valence-electron chi connectivity index (χ2n) is 30.0. The molecule has 6 amide bonds. The average molecular weight is 1610 g/mol. The highest BCUT2D eigenvalue weighted by Gasteiger charge is 2.33. The number of aliphatic hydroxyl groups is 1. The fourth-order valence-corrected chi connectivity index (χ4v) is 14.0. The van der Waals surface area contributed by atoms with E-state index in [-0.39, 0.29) is 101 Å². The van der Waals surface area contributed by atoms with E-state index in [0.717, 1.165) is 51.4 Å². The minimum Gasteiger partial charge on any atom is -0.480 e. The molecule has 0 radical (unpaired) electrons. The molecule has 3 rings (SSSR count). The standard InChI is InChI=1S/C82H144N16O14S/c1-4-7-10-12-14-16-18-20-22-24-26-28-30-44-69(100)111-57-62(112-70(101)45-31-29-27-25-23-21-19-17-15-13-11-8-5-2)58-113-59-63(86)75(103)94-68(56-99)79(107)92-65(41-33-37-51-84)77(105)90-64(40-32-36-50-83)76(104)91-66(78(106)93-67(80(108)109)43-34-38-52-85)42-35-39-54-88-74(102)61-48-46-60(47-49-61)55-98-73-71(95-82(98)110)72(87)96-81(97-73)89-53-9-6-3/h46-49,62-68,99H,4-45,50-59,83-86H2,1-3H3,(H,88,102)(H,90,105)(H,91,104)(H,92,107)(H,93,106)(H,94,103)(H,95,110)(H,108,109)(H3,87,89,96,97)/t62?,63-,64-,65-,66-,67-,68-/m0/s1.